The van der Waals surface area contributed by atoms with E-state index in [1.54, 1.807) is 7.11 Å². The molecule has 0 aliphatic heterocycles. The van der Waals surface area contributed by atoms with E-state index >= 15 is 0 Å². The molecule has 0 bridgehead atoms. The molecule has 3 N–H and O–H groups in total. The zero-order valence-electron chi connectivity index (χ0n) is 12.5. The predicted molar refractivity (Wildman–Crippen MR) is 78.3 cm³/mol. The topological polar surface area (TPSA) is 56.5 Å². The maximum Gasteiger partial charge on any atom is 0.122 e. The number of benzene rings is 1. The molecule has 0 fully saturated rings. The third-order valence-corrected chi connectivity index (χ3v) is 3.26. The maximum atomic E-state index is 5.67. The summed E-state index contributed by atoms with van der Waals surface area (Å²) in [5.74, 6) is 6.59. The largest absolute Gasteiger partial charge is 0.496 e. The number of aryl methyl sites for hydroxylation is 2. The molecule has 108 valence electrons. The molecule has 1 unspecified atom stereocenters. The molecule has 4 nitrogen and oxygen atoms in total. The van der Waals surface area contributed by atoms with Crippen LogP contribution in [0.4, 0.5) is 0 Å². The highest BCUT2D eigenvalue weighted by atomic mass is 16.5. The third-order valence-electron chi connectivity index (χ3n) is 3.26. The minimum Gasteiger partial charge on any atom is -0.496 e. The SMILES string of the molecule is CCCOCCC(NN)c1cc(C)c(OC)cc1C. The molecule has 0 amide bonds. The number of ether oxygens (including phenoxy) is 2. The van der Waals surface area contributed by atoms with Gasteiger partial charge in [-0.05, 0) is 49.4 Å². The fourth-order valence-corrected chi connectivity index (χ4v) is 2.18. The molecular formula is C15H26N2O2. The molecule has 0 aromatic heterocycles. The van der Waals surface area contributed by atoms with Gasteiger partial charge in [0, 0.05) is 19.3 Å². The fraction of sp³-hybridized carbons (Fsp3) is 0.600. The van der Waals surface area contributed by atoms with Gasteiger partial charge < -0.3 is 9.47 Å². The Morgan fingerprint density at radius 2 is 1.95 bits per heavy atom. The monoisotopic (exact) mass is 266 g/mol. The van der Waals surface area contributed by atoms with Crippen LogP contribution >= 0.6 is 0 Å². The summed E-state index contributed by atoms with van der Waals surface area (Å²) in [5, 5.41) is 0. The molecular weight excluding hydrogens is 240 g/mol. The minimum atomic E-state index is 0.112. The number of methoxy groups -OCH3 is 1. The minimum absolute atomic E-state index is 0.112. The molecule has 0 aliphatic rings. The Labute approximate surface area is 116 Å². The van der Waals surface area contributed by atoms with Gasteiger partial charge in [0.1, 0.15) is 5.75 Å². The summed E-state index contributed by atoms with van der Waals surface area (Å²) >= 11 is 0. The zero-order valence-corrected chi connectivity index (χ0v) is 12.5. The van der Waals surface area contributed by atoms with Crippen LogP contribution in [0.3, 0.4) is 0 Å². The van der Waals surface area contributed by atoms with Gasteiger partial charge in [-0.1, -0.05) is 13.0 Å². The molecule has 1 aromatic carbocycles. The zero-order chi connectivity index (χ0) is 14.3. The number of hydrogen-bond donors (Lipinski definition) is 2. The van der Waals surface area contributed by atoms with E-state index < -0.39 is 0 Å². The Morgan fingerprint density at radius 1 is 1.21 bits per heavy atom. The highest BCUT2D eigenvalue weighted by Gasteiger charge is 2.14. The average Bonchev–Trinajstić information content (AvgIpc) is 2.41. The summed E-state index contributed by atoms with van der Waals surface area (Å²) < 4.78 is 10.9. The Kier molecular flexibility index (Phi) is 6.84. The lowest BCUT2D eigenvalue weighted by molar-refractivity contribution is 0.124. The van der Waals surface area contributed by atoms with Crippen LogP contribution in [0.1, 0.15) is 42.5 Å². The molecule has 0 saturated carbocycles. The number of rotatable bonds is 8. The fourth-order valence-electron chi connectivity index (χ4n) is 2.18. The lowest BCUT2D eigenvalue weighted by atomic mass is 9.97. The summed E-state index contributed by atoms with van der Waals surface area (Å²) in [6.45, 7) is 7.75. The van der Waals surface area contributed by atoms with Crippen molar-refractivity contribution in [1.29, 1.82) is 0 Å². The van der Waals surface area contributed by atoms with Crippen molar-refractivity contribution in [3.8, 4) is 5.75 Å². The standard InChI is InChI=1S/C15H26N2O2/c1-5-7-19-8-6-14(17-16)13-9-12(3)15(18-4)10-11(13)2/h9-10,14,17H,5-8,16H2,1-4H3. The van der Waals surface area contributed by atoms with Crippen molar-refractivity contribution in [2.24, 2.45) is 5.84 Å². The van der Waals surface area contributed by atoms with Gasteiger partial charge in [0.25, 0.3) is 0 Å². The number of nitrogens with two attached hydrogens (primary N) is 1. The van der Waals surface area contributed by atoms with Crippen molar-refractivity contribution in [3.63, 3.8) is 0 Å². The van der Waals surface area contributed by atoms with E-state index in [1.165, 1.54) is 11.1 Å². The summed E-state index contributed by atoms with van der Waals surface area (Å²) in [6, 6.07) is 4.31. The van der Waals surface area contributed by atoms with E-state index in [2.05, 4.69) is 31.4 Å². The second-order valence-corrected chi connectivity index (χ2v) is 4.80. The molecule has 0 saturated heterocycles. The highest BCUT2D eigenvalue weighted by Crippen LogP contribution is 2.27. The normalized spacial score (nSPS) is 12.5. The quantitative estimate of drug-likeness (QED) is 0.431. The highest BCUT2D eigenvalue weighted by molar-refractivity contribution is 5.42. The van der Waals surface area contributed by atoms with Crippen molar-refractivity contribution in [1.82, 2.24) is 5.43 Å². The van der Waals surface area contributed by atoms with Crippen molar-refractivity contribution in [3.05, 3.63) is 28.8 Å². The molecule has 0 radical (unpaired) electrons. The summed E-state index contributed by atoms with van der Waals surface area (Å²) in [5.41, 5.74) is 6.39. The third kappa shape index (κ3) is 4.49. The van der Waals surface area contributed by atoms with Gasteiger partial charge >= 0.3 is 0 Å². The van der Waals surface area contributed by atoms with Gasteiger partial charge in [0.05, 0.1) is 7.11 Å². The predicted octanol–water partition coefficient (Wildman–Crippen LogP) is 2.63. The number of nitrogens with one attached hydrogen (secondary N) is 1. The average molecular weight is 266 g/mol. The van der Waals surface area contributed by atoms with E-state index in [0.717, 1.165) is 30.8 Å². The van der Waals surface area contributed by atoms with Crippen LogP contribution in [0, 0.1) is 13.8 Å². The lowest BCUT2D eigenvalue weighted by Crippen LogP contribution is -2.29. The van der Waals surface area contributed by atoms with Gasteiger partial charge in [-0.2, -0.15) is 0 Å². The second kappa shape index (κ2) is 8.15. The lowest BCUT2D eigenvalue weighted by Gasteiger charge is -2.20. The Bertz CT molecular complexity index is 394. The Hall–Kier alpha value is -1.10. The number of hydrazine groups is 1. The van der Waals surface area contributed by atoms with Crippen LogP contribution in [-0.2, 0) is 4.74 Å². The van der Waals surface area contributed by atoms with Gasteiger partial charge in [0.15, 0.2) is 0 Å². The van der Waals surface area contributed by atoms with Gasteiger partial charge in [-0.3, -0.25) is 11.3 Å². The van der Waals surface area contributed by atoms with Crippen LogP contribution in [0.2, 0.25) is 0 Å². The molecule has 1 atom stereocenters. The van der Waals surface area contributed by atoms with Crippen molar-refractivity contribution < 1.29 is 9.47 Å². The van der Waals surface area contributed by atoms with E-state index in [4.69, 9.17) is 15.3 Å². The van der Waals surface area contributed by atoms with Crippen LogP contribution < -0.4 is 16.0 Å². The first-order valence-corrected chi connectivity index (χ1v) is 6.83. The van der Waals surface area contributed by atoms with Gasteiger partial charge in [0.2, 0.25) is 0 Å². The summed E-state index contributed by atoms with van der Waals surface area (Å²) in [4.78, 5) is 0. The molecule has 0 heterocycles. The number of hydrogen-bond acceptors (Lipinski definition) is 4. The second-order valence-electron chi connectivity index (χ2n) is 4.80. The van der Waals surface area contributed by atoms with E-state index in [9.17, 15) is 0 Å². The van der Waals surface area contributed by atoms with Crippen LogP contribution in [0.5, 0.6) is 5.75 Å². The van der Waals surface area contributed by atoms with Crippen LogP contribution in [0.25, 0.3) is 0 Å². The molecule has 19 heavy (non-hydrogen) atoms. The first kappa shape index (κ1) is 16.0. The van der Waals surface area contributed by atoms with Crippen molar-refractivity contribution in [2.75, 3.05) is 20.3 Å². The van der Waals surface area contributed by atoms with Crippen molar-refractivity contribution >= 4 is 0 Å². The van der Waals surface area contributed by atoms with Crippen molar-refractivity contribution in [2.45, 2.75) is 39.7 Å². The molecule has 1 rings (SSSR count). The smallest absolute Gasteiger partial charge is 0.122 e. The molecule has 1 aromatic rings. The summed E-state index contributed by atoms with van der Waals surface area (Å²) in [7, 11) is 1.69. The van der Waals surface area contributed by atoms with Crippen LogP contribution in [-0.4, -0.2) is 20.3 Å². The van der Waals surface area contributed by atoms with E-state index in [0.29, 0.717) is 6.61 Å². The van der Waals surface area contributed by atoms with E-state index in [1.807, 2.05) is 6.92 Å². The van der Waals surface area contributed by atoms with Gasteiger partial charge in [-0.25, -0.2) is 0 Å². The Morgan fingerprint density at radius 3 is 2.53 bits per heavy atom. The maximum absolute atomic E-state index is 5.67. The Balaban J connectivity index is 2.77. The first-order chi connectivity index (χ1) is 9.13. The molecule has 4 heteroatoms. The van der Waals surface area contributed by atoms with Gasteiger partial charge in [-0.15, -0.1) is 0 Å². The molecule has 0 spiro atoms. The van der Waals surface area contributed by atoms with E-state index in [-0.39, 0.29) is 6.04 Å². The first-order valence-electron chi connectivity index (χ1n) is 6.83. The van der Waals surface area contributed by atoms with Crippen LogP contribution in [0.15, 0.2) is 12.1 Å². The molecule has 0 aliphatic carbocycles. The summed E-state index contributed by atoms with van der Waals surface area (Å²) in [6.07, 6.45) is 1.91.